The van der Waals surface area contributed by atoms with Gasteiger partial charge in [-0.05, 0) is 31.1 Å². The molecule has 1 heterocycles. The van der Waals surface area contributed by atoms with Gasteiger partial charge in [0.2, 0.25) is 0 Å². The molecule has 3 unspecified atom stereocenters. The van der Waals surface area contributed by atoms with Crippen LogP contribution in [0.4, 0.5) is 0 Å². The second-order valence-corrected chi connectivity index (χ2v) is 5.98. The van der Waals surface area contributed by atoms with E-state index in [9.17, 15) is 4.79 Å². The molecule has 1 saturated heterocycles. The summed E-state index contributed by atoms with van der Waals surface area (Å²) < 4.78 is 5.61. The highest BCUT2D eigenvalue weighted by Gasteiger charge is 2.30. The van der Waals surface area contributed by atoms with E-state index in [0.29, 0.717) is 30.0 Å². The zero-order chi connectivity index (χ0) is 12.3. The molecule has 1 aliphatic carbocycles. The Kier molecular flexibility index (Phi) is 4.57. The average molecular weight is 239 g/mol. The molecule has 0 aromatic carbocycles. The second kappa shape index (κ2) is 5.96. The minimum absolute atomic E-state index is 0.115. The van der Waals surface area contributed by atoms with E-state index in [1.54, 1.807) is 0 Å². The number of ketones is 1. The normalized spacial score (nSPS) is 38.9. The maximum atomic E-state index is 12.2. The number of carbonyl (C=O) groups excluding carboxylic acids is 1. The zero-order valence-electron chi connectivity index (χ0n) is 11.1. The van der Waals surface area contributed by atoms with Gasteiger partial charge in [-0.25, -0.2) is 0 Å². The molecule has 0 aromatic heterocycles. The predicted molar refractivity (Wildman–Crippen MR) is 67.9 cm³/mol. The van der Waals surface area contributed by atoms with E-state index in [4.69, 9.17) is 4.74 Å². The summed E-state index contributed by atoms with van der Waals surface area (Å²) in [6, 6.07) is 0. The molecule has 2 aliphatic rings. The number of hydrogen-bond acceptors (Lipinski definition) is 3. The Balaban J connectivity index is 1.81. The molecule has 2 fully saturated rings. The van der Waals surface area contributed by atoms with Crippen LogP contribution >= 0.6 is 0 Å². The van der Waals surface area contributed by atoms with Gasteiger partial charge in [-0.2, -0.15) is 0 Å². The quantitative estimate of drug-likeness (QED) is 0.818. The van der Waals surface area contributed by atoms with Gasteiger partial charge in [-0.3, -0.25) is 4.79 Å². The van der Waals surface area contributed by atoms with Crippen molar-refractivity contribution in [2.24, 2.45) is 17.8 Å². The van der Waals surface area contributed by atoms with Gasteiger partial charge in [-0.15, -0.1) is 0 Å². The average Bonchev–Trinajstić information content (AvgIpc) is 2.29. The molecule has 3 heteroatoms. The van der Waals surface area contributed by atoms with Crippen molar-refractivity contribution in [2.45, 2.75) is 45.6 Å². The third-order valence-electron chi connectivity index (χ3n) is 4.07. The van der Waals surface area contributed by atoms with Crippen LogP contribution in [0.2, 0.25) is 0 Å². The Hall–Kier alpha value is -0.410. The number of rotatable bonds is 3. The molecule has 0 spiro atoms. The van der Waals surface area contributed by atoms with E-state index < -0.39 is 0 Å². The standard InChI is InChI=1S/C14H25NO2/c1-10-5-11(2)7-12(6-10)14(16)8-13-9-15-3-4-17-13/h10-13,15H,3-9H2,1-2H3. The molecule has 0 radical (unpaired) electrons. The molecule has 1 aliphatic heterocycles. The molecule has 0 aromatic rings. The van der Waals surface area contributed by atoms with Crippen LogP contribution in [0.3, 0.4) is 0 Å². The van der Waals surface area contributed by atoms with Crippen LogP contribution in [0.15, 0.2) is 0 Å². The van der Waals surface area contributed by atoms with Crippen LogP contribution in [0, 0.1) is 17.8 Å². The minimum Gasteiger partial charge on any atom is -0.375 e. The minimum atomic E-state index is 0.115. The van der Waals surface area contributed by atoms with Gasteiger partial charge in [0.1, 0.15) is 5.78 Å². The Morgan fingerprint density at radius 3 is 2.53 bits per heavy atom. The van der Waals surface area contributed by atoms with Gasteiger partial charge in [0.15, 0.2) is 0 Å². The van der Waals surface area contributed by atoms with Crippen molar-refractivity contribution in [3.05, 3.63) is 0 Å². The van der Waals surface area contributed by atoms with E-state index in [1.807, 2.05) is 0 Å². The maximum Gasteiger partial charge on any atom is 0.138 e. The largest absolute Gasteiger partial charge is 0.375 e. The van der Waals surface area contributed by atoms with Crippen LogP contribution in [0.5, 0.6) is 0 Å². The number of Topliss-reactive ketones (excluding diaryl/α,β-unsaturated/α-hetero) is 1. The van der Waals surface area contributed by atoms with Crippen molar-refractivity contribution >= 4 is 5.78 Å². The van der Waals surface area contributed by atoms with Crippen molar-refractivity contribution in [3.8, 4) is 0 Å². The molecule has 3 atom stereocenters. The molecule has 2 rings (SSSR count). The summed E-state index contributed by atoms with van der Waals surface area (Å²) in [5.41, 5.74) is 0. The number of carbonyl (C=O) groups is 1. The Labute approximate surface area is 104 Å². The summed E-state index contributed by atoms with van der Waals surface area (Å²) in [6.45, 7) is 7.05. The fraction of sp³-hybridized carbons (Fsp3) is 0.929. The predicted octanol–water partition coefficient (Wildman–Crippen LogP) is 2.01. The Morgan fingerprint density at radius 2 is 1.94 bits per heavy atom. The van der Waals surface area contributed by atoms with Crippen molar-refractivity contribution < 1.29 is 9.53 Å². The Morgan fingerprint density at radius 1 is 1.24 bits per heavy atom. The van der Waals surface area contributed by atoms with Crippen LogP contribution in [-0.2, 0) is 9.53 Å². The number of ether oxygens (including phenoxy) is 1. The maximum absolute atomic E-state index is 12.2. The molecule has 3 nitrogen and oxygen atoms in total. The van der Waals surface area contributed by atoms with Crippen LogP contribution < -0.4 is 5.32 Å². The first-order chi connectivity index (χ1) is 8.15. The summed E-state index contributed by atoms with van der Waals surface area (Å²) in [5, 5.41) is 3.28. The lowest BCUT2D eigenvalue weighted by atomic mass is 9.74. The SMILES string of the molecule is CC1CC(C)CC(C(=O)CC2CNCCO2)C1. The van der Waals surface area contributed by atoms with Gasteiger partial charge in [-0.1, -0.05) is 13.8 Å². The van der Waals surface area contributed by atoms with Gasteiger partial charge in [0.05, 0.1) is 12.7 Å². The molecular formula is C14H25NO2. The van der Waals surface area contributed by atoms with Crippen molar-refractivity contribution in [1.82, 2.24) is 5.32 Å². The fourth-order valence-corrected chi connectivity index (χ4v) is 3.35. The monoisotopic (exact) mass is 239 g/mol. The lowest BCUT2D eigenvalue weighted by Gasteiger charge is -2.32. The van der Waals surface area contributed by atoms with Crippen molar-refractivity contribution in [1.29, 1.82) is 0 Å². The molecule has 0 bridgehead atoms. The van der Waals surface area contributed by atoms with Crippen LogP contribution in [-0.4, -0.2) is 31.6 Å². The van der Waals surface area contributed by atoms with Gasteiger partial charge in [0.25, 0.3) is 0 Å². The van der Waals surface area contributed by atoms with Crippen molar-refractivity contribution in [2.75, 3.05) is 19.7 Å². The van der Waals surface area contributed by atoms with E-state index >= 15 is 0 Å². The van der Waals surface area contributed by atoms with Crippen molar-refractivity contribution in [3.63, 3.8) is 0 Å². The fourth-order valence-electron chi connectivity index (χ4n) is 3.35. The molecule has 1 N–H and O–H groups in total. The van der Waals surface area contributed by atoms with E-state index in [-0.39, 0.29) is 6.10 Å². The van der Waals surface area contributed by atoms with Crippen LogP contribution in [0.25, 0.3) is 0 Å². The first-order valence-electron chi connectivity index (χ1n) is 7.00. The van der Waals surface area contributed by atoms with Gasteiger partial charge >= 0.3 is 0 Å². The first-order valence-corrected chi connectivity index (χ1v) is 7.00. The molecular weight excluding hydrogens is 214 g/mol. The lowest BCUT2D eigenvalue weighted by Crippen LogP contribution is -2.40. The molecule has 98 valence electrons. The van der Waals surface area contributed by atoms with E-state index in [1.165, 1.54) is 6.42 Å². The van der Waals surface area contributed by atoms with Gasteiger partial charge in [0, 0.05) is 25.4 Å². The lowest BCUT2D eigenvalue weighted by molar-refractivity contribution is -0.128. The summed E-state index contributed by atoms with van der Waals surface area (Å²) >= 11 is 0. The highest BCUT2D eigenvalue weighted by molar-refractivity contribution is 5.81. The molecule has 1 saturated carbocycles. The summed E-state index contributed by atoms with van der Waals surface area (Å²) in [4.78, 5) is 12.2. The number of nitrogens with one attached hydrogen (secondary N) is 1. The summed E-state index contributed by atoms with van der Waals surface area (Å²) in [6.07, 6.45) is 4.18. The summed E-state index contributed by atoms with van der Waals surface area (Å²) in [5.74, 6) is 2.13. The van der Waals surface area contributed by atoms with Crippen LogP contribution in [0.1, 0.15) is 39.5 Å². The smallest absolute Gasteiger partial charge is 0.138 e. The zero-order valence-corrected chi connectivity index (χ0v) is 11.1. The highest BCUT2D eigenvalue weighted by Crippen LogP contribution is 2.34. The van der Waals surface area contributed by atoms with Gasteiger partial charge < -0.3 is 10.1 Å². The highest BCUT2D eigenvalue weighted by atomic mass is 16.5. The number of morpholine rings is 1. The Bertz CT molecular complexity index is 251. The first kappa shape index (κ1) is 13.0. The van der Waals surface area contributed by atoms with E-state index in [2.05, 4.69) is 19.2 Å². The topological polar surface area (TPSA) is 38.3 Å². The number of hydrogen-bond donors (Lipinski definition) is 1. The molecule has 0 amide bonds. The third-order valence-corrected chi connectivity index (χ3v) is 4.07. The van der Waals surface area contributed by atoms with E-state index in [0.717, 1.165) is 32.5 Å². The summed E-state index contributed by atoms with van der Waals surface area (Å²) in [7, 11) is 0. The third kappa shape index (κ3) is 3.78. The molecule has 17 heavy (non-hydrogen) atoms. The second-order valence-electron chi connectivity index (χ2n) is 5.98.